The lowest BCUT2D eigenvalue weighted by Gasteiger charge is -2.12. The van der Waals surface area contributed by atoms with Crippen LogP contribution in [0.25, 0.3) is 0 Å². The number of thiophene rings is 1. The molecule has 1 N–H and O–H groups in total. The summed E-state index contributed by atoms with van der Waals surface area (Å²) in [5.74, 6) is 5.05. The molecule has 110 valence electrons. The van der Waals surface area contributed by atoms with Gasteiger partial charge in [0.05, 0.1) is 10.4 Å². The van der Waals surface area contributed by atoms with E-state index in [9.17, 15) is 13.2 Å². The fraction of sp³-hybridized carbons (Fsp3) is 0.200. The summed E-state index contributed by atoms with van der Waals surface area (Å²) in [6.07, 6.45) is -4.44. The van der Waals surface area contributed by atoms with Crippen LogP contribution in [-0.2, 0) is 12.8 Å². The Morgan fingerprint density at radius 1 is 1.14 bits per heavy atom. The van der Waals surface area contributed by atoms with Gasteiger partial charge in [0, 0.05) is 4.88 Å². The molecule has 6 heteroatoms. The molecule has 21 heavy (non-hydrogen) atoms. The van der Waals surface area contributed by atoms with Crippen molar-refractivity contribution in [2.24, 2.45) is 0 Å². The summed E-state index contributed by atoms with van der Waals surface area (Å²) in [5.41, 5.74) is -0.790. The maximum Gasteiger partial charge on any atom is 0.419 e. The van der Waals surface area contributed by atoms with Crippen molar-refractivity contribution in [1.29, 1.82) is 0 Å². The lowest BCUT2D eigenvalue weighted by molar-refractivity contribution is -0.139. The summed E-state index contributed by atoms with van der Waals surface area (Å²) in [7, 11) is 0. The van der Waals surface area contributed by atoms with E-state index in [1.165, 1.54) is 29.5 Å². The topological polar surface area (TPSA) is 29.5 Å². The molecule has 0 amide bonds. The second kappa shape index (κ2) is 6.66. The Bertz CT molecular complexity index is 665. The molecule has 2 aromatic rings. The third-order valence-corrected chi connectivity index (χ3v) is 3.49. The zero-order valence-corrected chi connectivity index (χ0v) is 11.6. The molecular formula is C15H11F3O2S. The van der Waals surface area contributed by atoms with Crippen molar-refractivity contribution >= 4 is 11.3 Å². The number of alkyl halides is 3. The highest BCUT2D eigenvalue weighted by molar-refractivity contribution is 7.12. The molecule has 0 atom stereocenters. The van der Waals surface area contributed by atoms with Crippen LogP contribution in [0.2, 0.25) is 0 Å². The molecule has 0 bridgehead atoms. The molecule has 0 radical (unpaired) electrons. The highest BCUT2D eigenvalue weighted by Gasteiger charge is 2.33. The van der Waals surface area contributed by atoms with E-state index in [2.05, 4.69) is 11.8 Å². The molecule has 1 aromatic heterocycles. The molecular weight excluding hydrogens is 301 g/mol. The van der Waals surface area contributed by atoms with Crippen LogP contribution in [0.1, 0.15) is 15.3 Å². The average molecular weight is 312 g/mol. The molecule has 0 saturated heterocycles. The number of benzene rings is 1. The molecule has 0 unspecified atom stereocenters. The van der Waals surface area contributed by atoms with E-state index in [4.69, 9.17) is 9.84 Å². The van der Waals surface area contributed by atoms with Crippen LogP contribution in [0, 0.1) is 11.8 Å². The lowest BCUT2D eigenvalue weighted by atomic mass is 10.2. The van der Waals surface area contributed by atoms with Crippen LogP contribution in [0.5, 0.6) is 5.75 Å². The number of halogens is 3. The zero-order chi connectivity index (χ0) is 15.3. The number of para-hydroxylation sites is 1. The van der Waals surface area contributed by atoms with E-state index in [0.29, 0.717) is 0 Å². The Morgan fingerprint density at radius 3 is 2.62 bits per heavy atom. The first-order valence-electron chi connectivity index (χ1n) is 5.98. The molecule has 1 heterocycles. The normalized spacial score (nSPS) is 10.9. The van der Waals surface area contributed by atoms with Gasteiger partial charge in [-0.1, -0.05) is 24.0 Å². The highest BCUT2D eigenvalue weighted by atomic mass is 32.1. The molecule has 2 nitrogen and oxygen atoms in total. The number of aliphatic hydroxyl groups excluding tert-OH is 1. The van der Waals surface area contributed by atoms with Crippen molar-refractivity contribution in [2.75, 3.05) is 6.61 Å². The van der Waals surface area contributed by atoms with E-state index >= 15 is 0 Å². The standard InChI is InChI=1S/C15H11F3O2S/c16-15(17,18)13-5-1-2-6-14(13)20-10-12-8-7-11(21-12)4-3-9-19/h1-2,5-8,19H,9-10H2. The SMILES string of the molecule is OCC#Cc1ccc(COc2ccccc2C(F)(F)F)s1. The quantitative estimate of drug-likeness (QED) is 0.876. The summed E-state index contributed by atoms with van der Waals surface area (Å²) in [6, 6.07) is 8.58. The van der Waals surface area contributed by atoms with Crippen molar-refractivity contribution < 1.29 is 23.0 Å². The minimum Gasteiger partial charge on any atom is -0.487 e. The zero-order valence-electron chi connectivity index (χ0n) is 10.8. The van der Waals surface area contributed by atoms with Crippen molar-refractivity contribution in [1.82, 2.24) is 0 Å². The van der Waals surface area contributed by atoms with Crippen LogP contribution < -0.4 is 4.74 Å². The van der Waals surface area contributed by atoms with Crippen LogP contribution in [0.15, 0.2) is 36.4 Å². The van der Waals surface area contributed by atoms with E-state index in [1.807, 2.05) is 0 Å². The van der Waals surface area contributed by atoms with Crippen molar-refractivity contribution in [3.63, 3.8) is 0 Å². The Kier molecular flexibility index (Phi) is 4.89. The fourth-order valence-corrected chi connectivity index (χ4v) is 2.42. The fourth-order valence-electron chi connectivity index (χ4n) is 1.62. The van der Waals surface area contributed by atoms with Gasteiger partial charge < -0.3 is 9.84 Å². The summed E-state index contributed by atoms with van der Waals surface area (Å²) < 4.78 is 43.7. The molecule has 0 aliphatic heterocycles. The Balaban J connectivity index is 2.08. The van der Waals surface area contributed by atoms with Gasteiger partial charge >= 0.3 is 6.18 Å². The minimum atomic E-state index is -4.44. The van der Waals surface area contributed by atoms with Crippen LogP contribution in [0.4, 0.5) is 13.2 Å². The van der Waals surface area contributed by atoms with Crippen LogP contribution >= 0.6 is 11.3 Å². The van der Waals surface area contributed by atoms with Gasteiger partial charge in [0.2, 0.25) is 0 Å². The number of aliphatic hydroxyl groups is 1. The molecule has 0 aliphatic rings. The summed E-state index contributed by atoms with van der Waals surface area (Å²) in [5, 5.41) is 8.59. The van der Waals surface area contributed by atoms with Crippen molar-refractivity contribution in [3.05, 3.63) is 51.7 Å². The highest BCUT2D eigenvalue weighted by Crippen LogP contribution is 2.36. The summed E-state index contributed by atoms with van der Waals surface area (Å²) in [6.45, 7) is -0.193. The summed E-state index contributed by atoms with van der Waals surface area (Å²) in [4.78, 5) is 1.49. The van der Waals surface area contributed by atoms with Crippen LogP contribution in [-0.4, -0.2) is 11.7 Å². The van der Waals surface area contributed by atoms with Gasteiger partial charge in [0.25, 0.3) is 0 Å². The van der Waals surface area contributed by atoms with Gasteiger partial charge in [0.15, 0.2) is 0 Å². The van der Waals surface area contributed by atoms with Gasteiger partial charge in [-0.3, -0.25) is 0 Å². The number of hydrogen-bond acceptors (Lipinski definition) is 3. The van der Waals surface area contributed by atoms with E-state index in [1.54, 1.807) is 12.1 Å². The van der Waals surface area contributed by atoms with Crippen molar-refractivity contribution in [3.8, 4) is 17.6 Å². The second-order valence-electron chi connectivity index (χ2n) is 4.01. The van der Waals surface area contributed by atoms with Gasteiger partial charge in [-0.25, -0.2) is 0 Å². The molecule has 0 spiro atoms. The monoisotopic (exact) mass is 312 g/mol. The predicted octanol–water partition coefficient (Wildman–Crippen LogP) is 3.69. The Labute approximate surface area is 123 Å². The maximum atomic E-state index is 12.8. The smallest absolute Gasteiger partial charge is 0.419 e. The number of hydrogen-bond donors (Lipinski definition) is 1. The summed E-state index contributed by atoms with van der Waals surface area (Å²) >= 11 is 1.31. The van der Waals surface area contributed by atoms with Crippen molar-refractivity contribution in [2.45, 2.75) is 12.8 Å². The first-order chi connectivity index (χ1) is 10.0. The molecule has 0 aliphatic carbocycles. The predicted molar refractivity (Wildman–Crippen MR) is 74.1 cm³/mol. The third-order valence-electron chi connectivity index (χ3n) is 2.51. The molecule has 0 fully saturated rings. The van der Waals surface area contributed by atoms with E-state index < -0.39 is 11.7 Å². The number of ether oxygens (including phenoxy) is 1. The van der Waals surface area contributed by atoms with E-state index in [0.717, 1.165) is 15.8 Å². The molecule has 2 rings (SSSR count). The average Bonchev–Trinajstić information content (AvgIpc) is 2.90. The Morgan fingerprint density at radius 2 is 1.90 bits per heavy atom. The lowest BCUT2D eigenvalue weighted by Crippen LogP contribution is -2.08. The third kappa shape index (κ3) is 4.25. The first kappa shape index (κ1) is 15.4. The molecule has 1 aromatic carbocycles. The largest absolute Gasteiger partial charge is 0.487 e. The van der Waals surface area contributed by atoms with Gasteiger partial charge in [0.1, 0.15) is 19.0 Å². The van der Waals surface area contributed by atoms with Gasteiger partial charge in [-0.15, -0.1) is 11.3 Å². The van der Waals surface area contributed by atoms with Crippen LogP contribution in [0.3, 0.4) is 0 Å². The molecule has 0 saturated carbocycles. The minimum absolute atomic E-state index is 0.0402. The van der Waals surface area contributed by atoms with Gasteiger partial charge in [-0.2, -0.15) is 13.2 Å². The first-order valence-corrected chi connectivity index (χ1v) is 6.80. The number of rotatable bonds is 3. The Hall–Kier alpha value is -1.97. The van der Waals surface area contributed by atoms with Gasteiger partial charge in [-0.05, 0) is 24.3 Å². The second-order valence-corrected chi connectivity index (χ2v) is 5.18. The maximum absolute atomic E-state index is 12.8. The van der Waals surface area contributed by atoms with E-state index in [-0.39, 0.29) is 19.0 Å².